The van der Waals surface area contributed by atoms with Crippen molar-refractivity contribution in [1.29, 1.82) is 0 Å². The van der Waals surface area contributed by atoms with E-state index in [4.69, 9.17) is 0 Å². The Labute approximate surface area is 141 Å². The second-order valence-corrected chi connectivity index (χ2v) is 7.94. The lowest BCUT2D eigenvalue weighted by Crippen LogP contribution is -2.46. The fourth-order valence-electron chi connectivity index (χ4n) is 4.73. The molecule has 2 aromatic rings. The van der Waals surface area contributed by atoms with Crippen LogP contribution in [-0.2, 0) is 0 Å². The van der Waals surface area contributed by atoms with Gasteiger partial charge >= 0.3 is 0 Å². The highest BCUT2D eigenvalue weighted by Crippen LogP contribution is 2.65. The maximum atomic E-state index is 12.8. The minimum atomic E-state index is -0.0144. The molecular formula is C18H23N5O. The molecule has 1 aromatic carbocycles. The monoisotopic (exact) mass is 325 g/mol. The number of carbonyl (C=O) groups is 1. The van der Waals surface area contributed by atoms with Crippen LogP contribution in [-0.4, -0.2) is 32.2 Å². The van der Waals surface area contributed by atoms with Crippen molar-refractivity contribution < 1.29 is 4.79 Å². The zero-order chi connectivity index (χ0) is 16.9. The summed E-state index contributed by atoms with van der Waals surface area (Å²) in [6.07, 6.45) is 5.09. The number of nitrogens with zero attached hydrogens (tertiary/aromatic N) is 4. The Hall–Kier alpha value is -2.24. The zero-order valence-electron chi connectivity index (χ0n) is 14.4. The summed E-state index contributed by atoms with van der Waals surface area (Å²) in [4.78, 5) is 12.8. The molecule has 0 saturated heterocycles. The topological polar surface area (TPSA) is 72.7 Å². The first-order valence-electron chi connectivity index (χ1n) is 8.56. The summed E-state index contributed by atoms with van der Waals surface area (Å²) in [7, 11) is 0. The van der Waals surface area contributed by atoms with Crippen LogP contribution in [0.25, 0.3) is 5.69 Å². The minimum Gasteiger partial charge on any atom is -0.349 e. The van der Waals surface area contributed by atoms with Gasteiger partial charge in [0.1, 0.15) is 6.33 Å². The number of carbonyl (C=O) groups excluding carboxylic acids is 1. The van der Waals surface area contributed by atoms with E-state index >= 15 is 0 Å². The zero-order valence-corrected chi connectivity index (χ0v) is 14.4. The highest BCUT2D eigenvalue weighted by molar-refractivity contribution is 5.95. The lowest BCUT2D eigenvalue weighted by molar-refractivity contribution is 0.0826. The summed E-state index contributed by atoms with van der Waals surface area (Å²) in [5, 5.41) is 14.4. The largest absolute Gasteiger partial charge is 0.349 e. The number of hydrogen-bond acceptors (Lipinski definition) is 4. The summed E-state index contributed by atoms with van der Waals surface area (Å²) in [6, 6.07) is 7.65. The minimum absolute atomic E-state index is 0.0144. The van der Waals surface area contributed by atoms with E-state index < -0.39 is 0 Å². The molecule has 2 aliphatic carbocycles. The number of amides is 1. The van der Waals surface area contributed by atoms with Gasteiger partial charge < -0.3 is 5.32 Å². The van der Waals surface area contributed by atoms with Crippen molar-refractivity contribution in [2.75, 3.05) is 0 Å². The van der Waals surface area contributed by atoms with Gasteiger partial charge in [-0.05, 0) is 64.6 Å². The number of aromatic nitrogens is 4. The second-order valence-electron chi connectivity index (χ2n) is 7.94. The molecule has 126 valence electrons. The lowest BCUT2D eigenvalue weighted by Gasteiger charge is -2.39. The van der Waals surface area contributed by atoms with Crippen LogP contribution in [0.15, 0.2) is 30.6 Å². The smallest absolute Gasteiger partial charge is 0.251 e. The fraction of sp³-hybridized carbons (Fsp3) is 0.556. The maximum absolute atomic E-state index is 12.8. The number of tetrazole rings is 1. The Kier molecular flexibility index (Phi) is 3.27. The van der Waals surface area contributed by atoms with Crippen LogP contribution in [0.3, 0.4) is 0 Å². The van der Waals surface area contributed by atoms with Crippen LogP contribution in [0.5, 0.6) is 0 Å². The Morgan fingerprint density at radius 1 is 1.33 bits per heavy atom. The van der Waals surface area contributed by atoms with Crippen molar-refractivity contribution >= 4 is 5.91 Å². The fourth-order valence-corrected chi connectivity index (χ4v) is 4.73. The van der Waals surface area contributed by atoms with Gasteiger partial charge in [0.2, 0.25) is 0 Å². The van der Waals surface area contributed by atoms with Crippen molar-refractivity contribution in [2.45, 2.75) is 46.1 Å². The normalized spacial score (nSPS) is 30.5. The van der Waals surface area contributed by atoms with Gasteiger partial charge in [-0.3, -0.25) is 4.79 Å². The van der Waals surface area contributed by atoms with Crippen LogP contribution in [0, 0.1) is 16.7 Å². The molecule has 2 bridgehead atoms. The van der Waals surface area contributed by atoms with E-state index in [1.807, 2.05) is 24.3 Å². The van der Waals surface area contributed by atoms with Crippen molar-refractivity contribution in [3.63, 3.8) is 0 Å². The number of fused-ring (bicyclic) bond motifs is 2. The van der Waals surface area contributed by atoms with Gasteiger partial charge in [0, 0.05) is 11.6 Å². The number of nitrogens with one attached hydrogen (secondary N) is 1. The molecule has 0 unspecified atom stereocenters. The summed E-state index contributed by atoms with van der Waals surface area (Å²) in [5.41, 5.74) is 1.90. The maximum Gasteiger partial charge on any atom is 0.251 e. The molecule has 1 heterocycles. The molecule has 4 rings (SSSR count). The summed E-state index contributed by atoms with van der Waals surface area (Å²) in [6.45, 7) is 7.05. The van der Waals surface area contributed by atoms with Crippen LogP contribution >= 0.6 is 0 Å². The van der Waals surface area contributed by atoms with Gasteiger partial charge in [-0.25, -0.2) is 4.68 Å². The van der Waals surface area contributed by atoms with Crippen LogP contribution in [0.1, 0.15) is 50.4 Å². The Morgan fingerprint density at radius 2 is 2.17 bits per heavy atom. The molecule has 2 fully saturated rings. The highest BCUT2D eigenvalue weighted by Gasteiger charge is 2.61. The van der Waals surface area contributed by atoms with Crippen molar-refractivity contribution in [2.24, 2.45) is 16.7 Å². The van der Waals surface area contributed by atoms with E-state index in [9.17, 15) is 4.79 Å². The first-order valence-corrected chi connectivity index (χ1v) is 8.56. The molecule has 2 aliphatic rings. The predicted molar refractivity (Wildman–Crippen MR) is 89.6 cm³/mol. The molecule has 1 N–H and O–H groups in total. The second kappa shape index (κ2) is 5.13. The Bertz CT molecular complexity index is 769. The van der Waals surface area contributed by atoms with Crippen LogP contribution in [0.4, 0.5) is 0 Å². The average Bonchev–Trinajstić information content (AvgIpc) is 3.22. The molecule has 1 amide bonds. The SMILES string of the molecule is CC1(C)[C@@H]2CC[C@@]1(C)[C@H](NC(=O)c1cccc(-n3cnnn3)c1)C2. The average molecular weight is 325 g/mol. The lowest BCUT2D eigenvalue weighted by atomic mass is 9.69. The molecule has 0 radical (unpaired) electrons. The highest BCUT2D eigenvalue weighted by atomic mass is 16.1. The van der Waals surface area contributed by atoms with Crippen molar-refractivity contribution in [1.82, 2.24) is 25.5 Å². The van der Waals surface area contributed by atoms with Crippen LogP contribution < -0.4 is 5.32 Å². The van der Waals surface area contributed by atoms with Crippen LogP contribution in [0.2, 0.25) is 0 Å². The van der Waals surface area contributed by atoms with E-state index in [-0.39, 0.29) is 17.4 Å². The van der Waals surface area contributed by atoms with Crippen molar-refractivity contribution in [3.8, 4) is 5.69 Å². The van der Waals surface area contributed by atoms with Gasteiger partial charge in [-0.2, -0.15) is 0 Å². The molecule has 3 atom stereocenters. The molecule has 24 heavy (non-hydrogen) atoms. The number of rotatable bonds is 3. The Balaban J connectivity index is 1.55. The van der Waals surface area contributed by atoms with Gasteiger partial charge in [-0.1, -0.05) is 26.8 Å². The molecule has 1 aromatic heterocycles. The Morgan fingerprint density at radius 3 is 2.79 bits per heavy atom. The standard InChI is InChI=1S/C18H23N5O/c1-17(2)13-7-8-18(17,3)15(10-13)20-16(24)12-5-4-6-14(9-12)23-11-19-21-22-23/h4-6,9,11,13,15H,7-8,10H2,1-3H3,(H,20,24)/t13-,15-,18+/m1/s1. The molecule has 0 spiro atoms. The van der Waals surface area contributed by atoms with E-state index in [2.05, 4.69) is 41.6 Å². The number of benzene rings is 1. The molecular weight excluding hydrogens is 302 g/mol. The van der Waals surface area contributed by atoms with E-state index in [1.54, 1.807) is 4.68 Å². The van der Waals surface area contributed by atoms with Gasteiger partial charge in [0.25, 0.3) is 5.91 Å². The van der Waals surface area contributed by atoms with E-state index in [0.717, 1.165) is 12.1 Å². The summed E-state index contributed by atoms with van der Waals surface area (Å²) >= 11 is 0. The third kappa shape index (κ3) is 2.08. The molecule has 2 saturated carbocycles. The first-order chi connectivity index (χ1) is 11.4. The summed E-state index contributed by atoms with van der Waals surface area (Å²) < 4.78 is 1.55. The first kappa shape index (κ1) is 15.3. The molecule has 6 nitrogen and oxygen atoms in total. The van der Waals surface area contributed by atoms with Gasteiger partial charge in [-0.15, -0.1) is 5.10 Å². The predicted octanol–water partition coefficient (Wildman–Crippen LogP) is 2.61. The third-order valence-electron chi connectivity index (χ3n) is 6.82. The quantitative estimate of drug-likeness (QED) is 0.941. The summed E-state index contributed by atoms with van der Waals surface area (Å²) in [5.74, 6) is 0.694. The van der Waals surface area contributed by atoms with Gasteiger partial charge in [0.15, 0.2) is 0 Å². The van der Waals surface area contributed by atoms with Gasteiger partial charge in [0.05, 0.1) is 5.69 Å². The molecule has 0 aliphatic heterocycles. The third-order valence-corrected chi connectivity index (χ3v) is 6.82. The molecule has 6 heteroatoms. The van der Waals surface area contributed by atoms with E-state index in [1.165, 1.54) is 19.2 Å². The number of hydrogen-bond donors (Lipinski definition) is 1. The van der Waals surface area contributed by atoms with E-state index in [0.29, 0.717) is 16.9 Å². The van der Waals surface area contributed by atoms with Crippen molar-refractivity contribution in [3.05, 3.63) is 36.2 Å².